The normalized spacial score (nSPS) is 15.4. The summed E-state index contributed by atoms with van der Waals surface area (Å²) in [6.45, 7) is 2.42. The molecule has 24 heavy (non-hydrogen) atoms. The monoisotopic (exact) mass is 323 g/mol. The molecule has 1 aliphatic rings. The molecule has 0 atom stereocenters. The zero-order valence-electron chi connectivity index (χ0n) is 13.4. The Labute approximate surface area is 139 Å². The van der Waals surface area contributed by atoms with E-state index in [9.17, 15) is 9.18 Å². The standard InChI is InChI=1S/C19H18FN3O/c1-13-2-7-17-22-16(12-23(17)11-13)10-21-18(24)19(8-9-19)14-3-5-15(20)6-4-14/h2-7,11-12H,8-10H2,1H3,(H,21,24). The van der Waals surface area contributed by atoms with E-state index in [1.54, 1.807) is 12.1 Å². The summed E-state index contributed by atoms with van der Waals surface area (Å²) in [5.41, 5.74) is 3.23. The number of halogens is 1. The molecular weight excluding hydrogens is 305 g/mol. The van der Waals surface area contributed by atoms with Crippen LogP contribution in [0.3, 0.4) is 0 Å². The number of nitrogens with one attached hydrogen (secondary N) is 1. The predicted molar refractivity (Wildman–Crippen MR) is 89.1 cm³/mol. The Kier molecular flexibility index (Phi) is 3.37. The first kappa shape index (κ1) is 14.9. The minimum Gasteiger partial charge on any atom is -0.350 e. The third-order valence-electron chi connectivity index (χ3n) is 4.66. The van der Waals surface area contributed by atoms with Crippen LogP contribution in [0.1, 0.15) is 29.7 Å². The van der Waals surface area contributed by atoms with Crippen molar-refractivity contribution < 1.29 is 9.18 Å². The zero-order valence-corrected chi connectivity index (χ0v) is 13.4. The van der Waals surface area contributed by atoms with Crippen molar-refractivity contribution >= 4 is 11.6 Å². The molecule has 1 aliphatic carbocycles. The highest BCUT2D eigenvalue weighted by molar-refractivity contribution is 5.91. The maximum absolute atomic E-state index is 13.1. The lowest BCUT2D eigenvalue weighted by Crippen LogP contribution is -2.34. The number of aromatic nitrogens is 2. The average Bonchev–Trinajstić information content (AvgIpc) is 3.28. The van der Waals surface area contributed by atoms with Gasteiger partial charge in [-0.1, -0.05) is 18.2 Å². The van der Waals surface area contributed by atoms with Gasteiger partial charge in [-0.25, -0.2) is 9.37 Å². The second kappa shape index (κ2) is 5.44. The molecule has 1 amide bonds. The van der Waals surface area contributed by atoms with Crippen LogP contribution in [0.5, 0.6) is 0 Å². The number of aryl methyl sites for hydroxylation is 1. The van der Waals surface area contributed by atoms with Crippen LogP contribution < -0.4 is 5.32 Å². The number of amides is 1. The van der Waals surface area contributed by atoms with Gasteiger partial charge in [-0.3, -0.25) is 4.79 Å². The third-order valence-corrected chi connectivity index (χ3v) is 4.66. The van der Waals surface area contributed by atoms with Gasteiger partial charge in [0.1, 0.15) is 11.5 Å². The molecule has 2 aromatic heterocycles. The fourth-order valence-corrected chi connectivity index (χ4v) is 3.12. The molecule has 1 aromatic carbocycles. The molecule has 0 spiro atoms. The summed E-state index contributed by atoms with van der Waals surface area (Å²) in [7, 11) is 0. The van der Waals surface area contributed by atoms with E-state index in [1.165, 1.54) is 12.1 Å². The number of imidazole rings is 1. The summed E-state index contributed by atoms with van der Waals surface area (Å²) in [5, 5.41) is 2.98. The topological polar surface area (TPSA) is 46.4 Å². The fourth-order valence-electron chi connectivity index (χ4n) is 3.12. The van der Waals surface area contributed by atoms with Crippen LogP contribution in [0.15, 0.2) is 48.8 Å². The van der Waals surface area contributed by atoms with E-state index in [2.05, 4.69) is 10.3 Å². The highest BCUT2D eigenvalue weighted by Crippen LogP contribution is 2.48. The summed E-state index contributed by atoms with van der Waals surface area (Å²) in [5.74, 6) is -0.294. The largest absolute Gasteiger partial charge is 0.350 e. The highest BCUT2D eigenvalue weighted by Gasteiger charge is 2.51. The van der Waals surface area contributed by atoms with Gasteiger partial charge in [0.25, 0.3) is 0 Å². The second-order valence-electron chi connectivity index (χ2n) is 6.48. The number of hydrogen-bond donors (Lipinski definition) is 1. The van der Waals surface area contributed by atoms with E-state index in [4.69, 9.17) is 0 Å². The number of nitrogens with zero attached hydrogens (tertiary/aromatic N) is 2. The Morgan fingerprint density at radius 3 is 2.67 bits per heavy atom. The van der Waals surface area contributed by atoms with Gasteiger partial charge in [-0.05, 0) is 49.1 Å². The van der Waals surface area contributed by atoms with Gasteiger partial charge in [0.15, 0.2) is 0 Å². The third kappa shape index (κ3) is 2.56. The van der Waals surface area contributed by atoms with Crippen LogP contribution in [0.25, 0.3) is 5.65 Å². The lowest BCUT2D eigenvalue weighted by molar-refractivity contribution is -0.123. The maximum atomic E-state index is 13.1. The lowest BCUT2D eigenvalue weighted by atomic mass is 9.95. The quantitative estimate of drug-likeness (QED) is 0.802. The van der Waals surface area contributed by atoms with Gasteiger partial charge in [-0.15, -0.1) is 0 Å². The van der Waals surface area contributed by atoms with E-state index in [1.807, 2.05) is 35.9 Å². The lowest BCUT2D eigenvalue weighted by Gasteiger charge is -2.15. The van der Waals surface area contributed by atoms with Crippen molar-refractivity contribution in [1.29, 1.82) is 0 Å². The molecule has 4 rings (SSSR count). The van der Waals surface area contributed by atoms with Crippen LogP contribution in [0.4, 0.5) is 4.39 Å². The molecule has 2 heterocycles. The van der Waals surface area contributed by atoms with Gasteiger partial charge < -0.3 is 9.72 Å². The number of hydrogen-bond acceptors (Lipinski definition) is 2. The SMILES string of the molecule is Cc1ccc2nc(CNC(=O)C3(c4ccc(F)cc4)CC3)cn2c1. The first-order chi connectivity index (χ1) is 11.6. The average molecular weight is 323 g/mol. The Bertz CT molecular complexity index is 910. The molecule has 0 bridgehead atoms. The molecular formula is C19H18FN3O. The Hall–Kier alpha value is -2.69. The minimum absolute atomic E-state index is 0.0117. The molecule has 1 fully saturated rings. The Morgan fingerprint density at radius 1 is 1.21 bits per heavy atom. The summed E-state index contributed by atoms with van der Waals surface area (Å²) >= 11 is 0. The van der Waals surface area contributed by atoms with E-state index >= 15 is 0 Å². The van der Waals surface area contributed by atoms with Crippen LogP contribution in [0, 0.1) is 12.7 Å². The van der Waals surface area contributed by atoms with E-state index in [-0.39, 0.29) is 11.7 Å². The van der Waals surface area contributed by atoms with Crippen molar-refractivity contribution in [2.75, 3.05) is 0 Å². The van der Waals surface area contributed by atoms with E-state index < -0.39 is 5.41 Å². The highest BCUT2D eigenvalue weighted by atomic mass is 19.1. The Balaban J connectivity index is 1.48. The number of benzene rings is 1. The van der Waals surface area contributed by atoms with Crippen molar-refractivity contribution in [2.45, 2.75) is 31.7 Å². The van der Waals surface area contributed by atoms with Crippen molar-refractivity contribution in [3.63, 3.8) is 0 Å². The summed E-state index contributed by atoms with van der Waals surface area (Å²) in [6, 6.07) is 10.2. The molecule has 122 valence electrons. The fraction of sp³-hybridized carbons (Fsp3) is 0.263. The molecule has 0 radical (unpaired) electrons. The van der Waals surface area contributed by atoms with Gasteiger partial charge in [0, 0.05) is 12.4 Å². The smallest absolute Gasteiger partial charge is 0.230 e. The van der Waals surface area contributed by atoms with Crippen molar-refractivity contribution in [1.82, 2.24) is 14.7 Å². The van der Waals surface area contributed by atoms with Crippen molar-refractivity contribution in [2.24, 2.45) is 0 Å². The molecule has 1 saturated carbocycles. The van der Waals surface area contributed by atoms with Gasteiger partial charge in [-0.2, -0.15) is 0 Å². The molecule has 5 heteroatoms. The number of rotatable bonds is 4. The van der Waals surface area contributed by atoms with E-state index in [0.29, 0.717) is 6.54 Å². The van der Waals surface area contributed by atoms with Crippen LogP contribution >= 0.6 is 0 Å². The second-order valence-corrected chi connectivity index (χ2v) is 6.48. The molecule has 0 unspecified atom stereocenters. The molecule has 0 saturated heterocycles. The minimum atomic E-state index is -0.497. The summed E-state index contributed by atoms with van der Waals surface area (Å²) < 4.78 is 15.0. The first-order valence-corrected chi connectivity index (χ1v) is 8.05. The van der Waals surface area contributed by atoms with Crippen LogP contribution in [-0.4, -0.2) is 15.3 Å². The number of carbonyl (C=O) groups excluding carboxylic acids is 1. The number of carbonyl (C=O) groups is 1. The van der Waals surface area contributed by atoms with E-state index in [0.717, 1.165) is 35.3 Å². The van der Waals surface area contributed by atoms with Crippen LogP contribution in [-0.2, 0) is 16.8 Å². The predicted octanol–water partition coefficient (Wildman–Crippen LogP) is 3.13. The van der Waals surface area contributed by atoms with Crippen LogP contribution in [0.2, 0.25) is 0 Å². The van der Waals surface area contributed by atoms with Crippen molar-refractivity contribution in [3.05, 3.63) is 71.4 Å². The molecule has 0 aliphatic heterocycles. The van der Waals surface area contributed by atoms with Gasteiger partial charge in [0.05, 0.1) is 17.7 Å². The van der Waals surface area contributed by atoms with Gasteiger partial charge in [0.2, 0.25) is 5.91 Å². The summed E-state index contributed by atoms with van der Waals surface area (Å²) in [6.07, 6.45) is 5.54. The molecule has 3 aromatic rings. The summed E-state index contributed by atoms with van der Waals surface area (Å²) in [4.78, 5) is 17.1. The maximum Gasteiger partial charge on any atom is 0.230 e. The first-order valence-electron chi connectivity index (χ1n) is 8.05. The van der Waals surface area contributed by atoms with Crippen molar-refractivity contribution in [3.8, 4) is 0 Å². The number of pyridine rings is 1. The Morgan fingerprint density at radius 2 is 1.96 bits per heavy atom. The number of fused-ring (bicyclic) bond motifs is 1. The van der Waals surface area contributed by atoms with Gasteiger partial charge >= 0.3 is 0 Å². The molecule has 1 N–H and O–H groups in total. The molecule has 4 nitrogen and oxygen atoms in total. The zero-order chi connectivity index (χ0) is 16.7.